The second-order valence-electron chi connectivity index (χ2n) is 9.48. The van der Waals surface area contributed by atoms with Crippen LogP contribution in [0.4, 0.5) is 0 Å². The number of nitrogens with zero attached hydrogens (tertiary/aromatic N) is 3. The van der Waals surface area contributed by atoms with E-state index >= 15 is 0 Å². The first-order chi connectivity index (χ1) is 16.8. The minimum Gasteiger partial charge on any atom is -0.494 e. The third kappa shape index (κ3) is 13.4. The lowest BCUT2D eigenvalue weighted by atomic mass is 10.1. The van der Waals surface area contributed by atoms with E-state index in [0.29, 0.717) is 24.6 Å². The van der Waals surface area contributed by atoms with Crippen molar-refractivity contribution in [2.45, 2.75) is 60.8 Å². The Kier molecular flexibility index (Phi) is 16.9. The van der Waals surface area contributed by atoms with Crippen LogP contribution in [0, 0.1) is 12.8 Å². The molecule has 2 fully saturated rings. The van der Waals surface area contributed by atoms with Crippen LogP contribution in [-0.2, 0) is 15.6 Å². The lowest BCUT2D eigenvalue weighted by Crippen LogP contribution is -2.46. The number of aryl methyl sites for hydroxylation is 1. The topological polar surface area (TPSA) is 53.1 Å². The SMILES string of the molecule is CCC.CCC(C)C(=O)N1CCS(=O)CC1.CCN1CCN(CCCOc2ccc(C)cc2)CC1. The fourth-order valence-electron chi connectivity index (χ4n) is 3.79. The van der Waals surface area contributed by atoms with Gasteiger partial charge >= 0.3 is 0 Å². The summed E-state index contributed by atoms with van der Waals surface area (Å²) in [7, 11) is -0.687. The smallest absolute Gasteiger partial charge is 0.225 e. The Balaban J connectivity index is 0.000000333. The maximum atomic E-state index is 11.7. The summed E-state index contributed by atoms with van der Waals surface area (Å²) in [5, 5.41) is 0. The summed E-state index contributed by atoms with van der Waals surface area (Å²) in [4.78, 5) is 18.6. The Bertz CT molecular complexity index is 696. The van der Waals surface area contributed by atoms with Gasteiger partial charge in [0.25, 0.3) is 0 Å². The van der Waals surface area contributed by atoms with E-state index in [1.807, 2.05) is 18.7 Å². The van der Waals surface area contributed by atoms with Gasteiger partial charge in [-0.2, -0.15) is 0 Å². The van der Waals surface area contributed by atoms with Crippen LogP contribution >= 0.6 is 0 Å². The predicted octanol–water partition coefficient (Wildman–Crippen LogP) is 4.44. The molecule has 0 spiro atoms. The molecule has 1 aromatic rings. The molecule has 7 heteroatoms. The summed E-state index contributed by atoms with van der Waals surface area (Å²) in [6, 6.07) is 8.29. The van der Waals surface area contributed by atoms with Crippen LogP contribution in [0.15, 0.2) is 24.3 Å². The van der Waals surface area contributed by atoms with Crippen molar-refractivity contribution in [2.75, 3.05) is 70.5 Å². The Morgan fingerprint density at radius 3 is 2.00 bits per heavy atom. The first-order valence-electron chi connectivity index (χ1n) is 13.6. The highest BCUT2D eigenvalue weighted by Gasteiger charge is 2.23. The van der Waals surface area contributed by atoms with Crippen LogP contribution in [-0.4, -0.2) is 95.3 Å². The molecule has 1 unspecified atom stereocenters. The van der Waals surface area contributed by atoms with Crippen LogP contribution in [0.1, 0.15) is 59.4 Å². The summed E-state index contributed by atoms with van der Waals surface area (Å²) < 4.78 is 16.8. The Hall–Kier alpha value is -1.44. The molecule has 0 aliphatic carbocycles. The van der Waals surface area contributed by atoms with Gasteiger partial charge in [-0.15, -0.1) is 0 Å². The van der Waals surface area contributed by atoms with Gasteiger partial charge < -0.3 is 19.4 Å². The highest BCUT2D eigenvalue weighted by molar-refractivity contribution is 7.85. The van der Waals surface area contributed by atoms with E-state index in [9.17, 15) is 9.00 Å². The number of carbonyl (C=O) groups excluding carboxylic acids is 1. The van der Waals surface area contributed by atoms with Gasteiger partial charge in [-0.25, -0.2) is 0 Å². The normalized spacial score (nSPS) is 18.1. The molecule has 0 N–H and O–H groups in total. The van der Waals surface area contributed by atoms with Crippen molar-refractivity contribution in [1.29, 1.82) is 0 Å². The van der Waals surface area contributed by atoms with Gasteiger partial charge in [-0.05, 0) is 38.4 Å². The molecule has 6 nitrogen and oxygen atoms in total. The van der Waals surface area contributed by atoms with Crippen LogP contribution in [0.3, 0.4) is 0 Å². The zero-order chi connectivity index (χ0) is 26.1. The highest BCUT2D eigenvalue weighted by Crippen LogP contribution is 2.12. The van der Waals surface area contributed by atoms with Crippen molar-refractivity contribution in [2.24, 2.45) is 5.92 Å². The summed E-state index contributed by atoms with van der Waals surface area (Å²) in [6.45, 7) is 21.9. The summed E-state index contributed by atoms with van der Waals surface area (Å²) >= 11 is 0. The van der Waals surface area contributed by atoms with Crippen molar-refractivity contribution in [3.05, 3.63) is 29.8 Å². The lowest BCUT2D eigenvalue weighted by molar-refractivity contribution is -0.134. The average Bonchev–Trinajstić information content (AvgIpc) is 2.88. The minimum absolute atomic E-state index is 0.117. The number of amides is 1. The third-order valence-corrected chi connectivity index (χ3v) is 7.62. The maximum Gasteiger partial charge on any atom is 0.225 e. The molecule has 0 radical (unpaired) electrons. The number of carbonyl (C=O) groups is 1. The molecular formula is C28H51N3O3S. The fourth-order valence-corrected chi connectivity index (χ4v) is 4.84. The standard InChI is InChI=1S/C16H26N2O.C9H17NO2S.C3H8/c1-3-17-10-12-18(13-11-17)9-4-14-19-16-7-5-15(2)6-8-16;1-3-8(2)9(11)10-4-6-13(12)7-5-10;1-3-2/h5-8H,3-4,9-14H2,1-2H3;8H,3-7H2,1-2H3;3H2,1-2H3. The Morgan fingerprint density at radius 2 is 1.49 bits per heavy atom. The molecule has 202 valence electrons. The maximum absolute atomic E-state index is 11.7. The zero-order valence-corrected chi connectivity index (χ0v) is 24.1. The summed E-state index contributed by atoms with van der Waals surface area (Å²) in [5.74, 6) is 2.64. The van der Waals surface area contributed by atoms with E-state index in [4.69, 9.17) is 4.74 Å². The van der Waals surface area contributed by atoms with E-state index in [1.165, 1.54) is 44.7 Å². The molecular weight excluding hydrogens is 458 g/mol. The molecule has 0 aromatic heterocycles. The van der Waals surface area contributed by atoms with Crippen molar-refractivity contribution in [3.8, 4) is 5.75 Å². The van der Waals surface area contributed by atoms with Gasteiger partial charge in [0, 0.05) is 74.0 Å². The van der Waals surface area contributed by atoms with Crippen molar-refractivity contribution in [1.82, 2.24) is 14.7 Å². The van der Waals surface area contributed by atoms with Gasteiger partial charge in [0.15, 0.2) is 0 Å². The number of benzene rings is 1. The first kappa shape index (κ1) is 31.6. The molecule has 0 saturated carbocycles. The summed E-state index contributed by atoms with van der Waals surface area (Å²) in [6.07, 6.45) is 3.25. The number of ether oxygens (including phenoxy) is 1. The van der Waals surface area contributed by atoms with Crippen molar-refractivity contribution < 1.29 is 13.7 Å². The average molecular weight is 510 g/mol. The van der Waals surface area contributed by atoms with Gasteiger partial charge in [0.1, 0.15) is 5.75 Å². The molecule has 2 aliphatic rings. The van der Waals surface area contributed by atoms with E-state index in [2.05, 4.69) is 61.8 Å². The van der Waals surface area contributed by atoms with Gasteiger partial charge in [0.05, 0.1) is 6.61 Å². The monoisotopic (exact) mass is 509 g/mol. The van der Waals surface area contributed by atoms with Gasteiger partial charge in [0.2, 0.25) is 5.91 Å². The van der Waals surface area contributed by atoms with Crippen LogP contribution in [0.5, 0.6) is 5.75 Å². The van der Waals surface area contributed by atoms with Gasteiger partial charge in [-0.1, -0.05) is 58.7 Å². The molecule has 3 rings (SSSR count). The molecule has 35 heavy (non-hydrogen) atoms. The predicted molar refractivity (Wildman–Crippen MR) is 150 cm³/mol. The van der Waals surface area contributed by atoms with E-state index < -0.39 is 10.8 Å². The number of likely N-dealkylation sites (N-methyl/N-ethyl adjacent to an activating group) is 1. The second kappa shape index (κ2) is 18.8. The third-order valence-electron chi connectivity index (χ3n) is 6.34. The van der Waals surface area contributed by atoms with Crippen molar-refractivity contribution >= 4 is 16.7 Å². The zero-order valence-electron chi connectivity index (χ0n) is 23.3. The van der Waals surface area contributed by atoms with Gasteiger partial charge in [-0.3, -0.25) is 9.00 Å². The first-order valence-corrected chi connectivity index (χ1v) is 15.1. The number of hydrogen-bond donors (Lipinski definition) is 0. The lowest BCUT2D eigenvalue weighted by Gasteiger charge is -2.33. The van der Waals surface area contributed by atoms with E-state index in [0.717, 1.165) is 31.7 Å². The molecule has 0 bridgehead atoms. The number of piperazine rings is 1. The van der Waals surface area contributed by atoms with E-state index in [1.54, 1.807) is 0 Å². The molecule has 1 aromatic carbocycles. The Morgan fingerprint density at radius 1 is 0.943 bits per heavy atom. The molecule has 2 heterocycles. The Labute approximate surface area is 217 Å². The molecule has 1 amide bonds. The van der Waals surface area contributed by atoms with Crippen LogP contribution in [0.25, 0.3) is 0 Å². The molecule has 2 saturated heterocycles. The molecule has 2 aliphatic heterocycles. The van der Waals surface area contributed by atoms with Crippen LogP contribution in [0.2, 0.25) is 0 Å². The highest BCUT2D eigenvalue weighted by atomic mass is 32.2. The van der Waals surface area contributed by atoms with Crippen molar-refractivity contribution in [3.63, 3.8) is 0 Å². The fraction of sp³-hybridized carbons (Fsp3) is 0.750. The number of rotatable bonds is 8. The quantitative estimate of drug-likeness (QED) is 0.485. The molecule has 1 atom stereocenters. The summed E-state index contributed by atoms with van der Waals surface area (Å²) in [5.41, 5.74) is 1.28. The largest absolute Gasteiger partial charge is 0.494 e. The van der Waals surface area contributed by atoms with Crippen LogP contribution < -0.4 is 4.74 Å². The number of hydrogen-bond acceptors (Lipinski definition) is 5. The second-order valence-corrected chi connectivity index (χ2v) is 11.2. The minimum atomic E-state index is -0.687. The van der Waals surface area contributed by atoms with E-state index in [-0.39, 0.29) is 11.8 Å².